The van der Waals surface area contributed by atoms with E-state index in [1.165, 1.54) is 0 Å². The first-order valence-electron chi connectivity index (χ1n) is 9.00. The van der Waals surface area contributed by atoms with E-state index >= 15 is 0 Å². The Morgan fingerprint density at radius 1 is 1.32 bits per heavy atom. The van der Waals surface area contributed by atoms with E-state index < -0.39 is 6.10 Å². The summed E-state index contributed by atoms with van der Waals surface area (Å²) in [6, 6.07) is 10.1. The van der Waals surface area contributed by atoms with Crippen LogP contribution in [0.4, 0.5) is 0 Å². The normalized spacial score (nSPS) is 19.6. The van der Waals surface area contributed by atoms with Crippen LogP contribution in [-0.2, 0) is 11.3 Å². The van der Waals surface area contributed by atoms with Crippen molar-refractivity contribution in [1.29, 1.82) is 0 Å². The molecule has 1 aromatic heterocycles. The third kappa shape index (κ3) is 4.87. The standard InChI is InChI=1S/C19H27N3O3/c1-14(2)19-20-18(21-25-19)17-9-6-10-22(17)11-16(23)13-24-12-15-7-4-3-5-8-15/h3-5,7-8,14,16-17,23H,6,9-13H2,1-2H3/t16-,17-/m1/s1. The summed E-state index contributed by atoms with van der Waals surface area (Å²) in [5.41, 5.74) is 1.11. The van der Waals surface area contributed by atoms with Gasteiger partial charge in [0, 0.05) is 12.5 Å². The second-order valence-electron chi connectivity index (χ2n) is 6.95. The van der Waals surface area contributed by atoms with E-state index in [0.717, 1.165) is 30.8 Å². The summed E-state index contributed by atoms with van der Waals surface area (Å²) in [6.07, 6.45) is 1.54. The van der Waals surface area contributed by atoms with Crippen molar-refractivity contribution in [2.45, 2.75) is 51.4 Å². The van der Waals surface area contributed by atoms with E-state index in [1.807, 2.05) is 44.2 Å². The largest absolute Gasteiger partial charge is 0.389 e. The molecule has 0 unspecified atom stereocenters. The summed E-state index contributed by atoms with van der Waals surface area (Å²) in [6.45, 7) is 6.41. The van der Waals surface area contributed by atoms with Crippen molar-refractivity contribution >= 4 is 0 Å². The third-order valence-electron chi connectivity index (χ3n) is 4.48. The van der Waals surface area contributed by atoms with Crippen molar-refractivity contribution in [1.82, 2.24) is 15.0 Å². The molecule has 1 aliphatic rings. The average Bonchev–Trinajstić information content (AvgIpc) is 3.24. The van der Waals surface area contributed by atoms with Crippen molar-refractivity contribution in [3.05, 3.63) is 47.6 Å². The highest BCUT2D eigenvalue weighted by Crippen LogP contribution is 2.30. The molecule has 1 aromatic carbocycles. The van der Waals surface area contributed by atoms with Gasteiger partial charge in [0.05, 0.1) is 25.4 Å². The number of aromatic nitrogens is 2. The Hall–Kier alpha value is -1.76. The Labute approximate surface area is 148 Å². The van der Waals surface area contributed by atoms with Crippen LogP contribution in [-0.4, -0.2) is 45.9 Å². The van der Waals surface area contributed by atoms with Crippen LogP contribution in [0.25, 0.3) is 0 Å². The molecule has 136 valence electrons. The lowest BCUT2D eigenvalue weighted by Crippen LogP contribution is -2.35. The molecule has 6 nitrogen and oxygen atoms in total. The molecule has 0 amide bonds. The number of hydrogen-bond acceptors (Lipinski definition) is 6. The van der Waals surface area contributed by atoms with E-state index in [1.54, 1.807) is 0 Å². The molecule has 1 fully saturated rings. The number of β-amino-alcohol motifs (C(OH)–C–C–N with tert-alkyl or cyclic N) is 1. The van der Waals surface area contributed by atoms with Crippen molar-refractivity contribution < 1.29 is 14.4 Å². The molecule has 1 saturated heterocycles. The SMILES string of the molecule is CC(C)c1nc([C@H]2CCCN2C[C@@H](O)COCc2ccccc2)no1. The van der Waals surface area contributed by atoms with Gasteiger partial charge in [0.15, 0.2) is 5.82 Å². The molecule has 0 spiro atoms. The molecule has 25 heavy (non-hydrogen) atoms. The molecule has 0 bridgehead atoms. The third-order valence-corrected chi connectivity index (χ3v) is 4.48. The number of benzene rings is 1. The first kappa shape index (κ1) is 18.0. The van der Waals surface area contributed by atoms with Crippen LogP contribution in [0.1, 0.15) is 55.9 Å². The number of nitrogens with zero attached hydrogens (tertiary/aromatic N) is 3. The molecule has 1 aliphatic heterocycles. The fraction of sp³-hybridized carbons (Fsp3) is 0.579. The van der Waals surface area contributed by atoms with E-state index in [9.17, 15) is 5.11 Å². The number of aliphatic hydroxyl groups is 1. The van der Waals surface area contributed by atoms with Gasteiger partial charge < -0.3 is 14.4 Å². The monoisotopic (exact) mass is 345 g/mol. The molecule has 2 atom stereocenters. The fourth-order valence-corrected chi connectivity index (χ4v) is 3.16. The summed E-state index contributed by atoms with van der Waals surface area (Å²) < 4.78 is 11.0. The van der Waals surface area contributed by atoms with Crippen molar-refractivity contribution in [3.8, 4) is 0 Å². The van der Waals surface area contributed by atoms with Gasteiger partial charge in [-0.1, -0.05) is 49.3 Å². The summed E-state index contributed by atoms with van der Waals surface area (Å²) >= 11 is 0. The first-order chi connectivity index (χ1) is 12.1. The molecular formula is C19H27N3O3. The molecule has 0 radical (unpaired) electrons. The van der Waals surface area contributed by atoms with Gasteiger partial charge in [-0.25, -0.2) is 0 Å². The Morgan fingerprint density at radius 2 is 2.12 bits per heavy atom. The molecule has 0 aliphatic carbocycles. The molecule has 2 heterocycles. The van der Waals surface area contributed by atoms with Crippen LogP contribution in [0, 0.1) is 0 Å². The van der Waals surface area contributed by atoms with Gasteiger partial charge in [0.2, 0.25) is 5.89 Å². The van der Waals surface area contributed by atoms with Crippen molar-refractivity contribution in [3.63, 3.8) is 0 Å². The van der Waals surface area contributed by atoms with Gasteiger partial charge in [0.25, 0.3) is 0 Å². The number of aliphatic hydroxyl groups excluding tert-OH is 1. The minimum atomic E-state index is -0.527. The number of hydrogen-bond donors (Lipinski definition) is 1. The average molecular weight is 345 g/mol. The topological polar surface area (TPSA) is 71.6 Å². The van der Waals surface area contributed by atoms with E-state index in [0.29, 0.717) is 25.6 Å². The zero-order valence-electron chi connectivity index (χ0n) is 15.0. The summed E-state index contributed by atoms with van der Waals surface area (Å²) in [4.78, 5) is 6.75. The van der Waals surface area contributed by atoms with Gasteiger partial charge in [-0.3, -0.25) is 4.90 Å². The van der Waals surface area contributed by atoms with Crippen LogP contribution >= 0.6 is 0 Å². The molecular weight excluding hydrogens is 318 g/mol. The van der Waals surface area contributed by atoms with Gasteiger partial charge in [0.1, 0.15) is 0 Å². The highest BCUT2D eigenvalue weighted by atomic mass is 16.5. The maximum absolute atomic E-state index is 10.3. The lowest BCUT2D eigenvalue weighted by molar-refractivity contribution is 0.00710. The van der Waals surface area contributed by atoms with E-state index in [4.69, 9.17) is 9.26 Å². The first-order valence-corrected chi connectivity index (χ1v) is 9.00. The van der Waals surface area contributed by atoms with Crippen LogP contribution in [0.2, 0.25) is 0 Å². The second kappa shape index (κ2) is 8.56. The lowest BCUT2D eigenvalue weighted by Gasteiger charge is -2.24. The molecule has 1 N–H and O–H groups in total. The highest BCUT2D eigenvalue weighted by Gasteiger charge is 2.31. The van der Waals surface area contributed by atoms with Gasteiger partial charge in [-0.15, -0.1) is 0 Å². The van der Waals surface area contributed by atoms with E-state index in [2.05, 4.69) is 15.0 Å². The van der Waals surface area contributed by atoms with Crippen LogP contribution in [0.15, 0.2) is 34.9 Å². The Kier molecular flexibility index (Phi) is 6.18. The van der Waals surface area contributed by atoms with Crippen LogP contribution in [0.3, 0.4) is 0 Å². The summed E-state index contributed by atoms with van der Waals surface area (Å²) in [5.74, 6) is 1.64. The minimum absolute atomic E-state index is 0.125. The van der Waals surface area contributed by atoms with E-state index in [-0.39, 0.29) is 12.0 Å². The number of ether oxygens (including phenoxy) is 1. The maximum atomic E-state index is 10.3. The predicted molar refractivity (Wildman–Crippen MR) is 94.0 cm³/mol. The van der Waals surface area contributed by atoms with Gasteiger partial charge in [-0.2, -0.15) is 4.98 Å². The van der Waals surface area contributed by atoms with Crippen LogP contribution < -0.4 is 0 Å². The number of rotatable bonds is 8. The van der Waals surface area contributed by atoms with Crippen LogP contribution in [0.5, 0.6) is 0 Å². The Balaban J connectivity index is 1.48. The minimum Gasteiger partial charge on any atom is -0.389 e. The molecule has 3 rings (SSSR count). The zero-order valence-corrected chi connectivity index (χ0v) is 15.0. The Morgan fingerprint density at radius 3 is 2.84 bits per heavy atom. The smallest absolute Gasteiger partial charge is 0.229 e. The highest BCUT2D eigenvalue weighted by molar-refractivity contribution is 5.13. The number of likely N-dealkylation sites (tertiary alicyclic amines) is 1. The summed E-state index contributed by atoms with van der Waals surface area (Å²) in [7, 11) is 0. The van der Waals surface area contributed by atoms with Gasteiger partial charge in [-0.05, 0) is 24.9 Å². The Bertz CT molecular complexity index is 644. The quantitative estimate of drug-likeness (QED) is 0.793. The second-order valence-corrected chi connectivity index (χ2v) is 6.95. The van der Waals surface area contributed by atoms with Crippen molar-refractivity contribution in [2.24, 2.45) is 0 Å². The van der Waals surface area contributed by atoms with Gasteiger partial charge >= 0.3 is 0 Å². The fourth-order valence-electron chi connectivity index (χ4n) is 3.16. The molecule has 0 saturated carbocycles. The molecule has 6 heteroatoms. The molecule has 2 aromatic rings. The zero-order chi connectivity index (χ0) is 17.6. The van der Waals surface area contributed by atoms with Crippen molar-refractivity contribution in [2.75, 3.05) is 19.7 Å². The lowest BCUT2D eigenvalue weighted by atomic mass is 10.2. The summed E-state index contributed by atoms with van der Waals surface area (Å²) in [5, 5.41) is 14.5. The predicted octanol–water partition coefficient (Wildman–Crippen LogP) is 2.91. The maximum Gasteiger partial charge on any atom is 0.229 e.